The molecule has 2 rings (SSSR count). The molecule has 0 radical (unpaired) electrons. The van der Waals surface area contributed by atoms with Gasteiger partial charge in [-0.1, -0.05) is 0 Å². The highest BCUT2D eigenvalue weighted by Crippen LogP contribution is 2.20. The zero-order valence-electron chi connectivity index (χ0n) is 9.08. The number of nitro groups is 1. The summed E-state index contributed by atoms with van der Waals surface area (Å²) in [5.74, 6) is 0.825. The first-order valence-electron chi connectivity index (χ1n) is 4.92. The van der Waals surface area contributed by atoms with Gasteiger partial charge in [0.25, 0.3) is 5.69 Å². The minimum atomic E-state index is -0.454. The molecule has 1 heterocycles. The van der Waals surface area contributed by atoms with E-state index in [9.17, 15) is 10.1 Å². The van der Waals surface area contributed by atoms with Crippen molar-refractivity contribution in [2.45, 2.75) is 6.54 Å². The van der Waals surface area contributed by atoms with Crippen LogP contribution in [0.2, 0.25) is 0 Å². The number of hydrogen-bond acceptors (Lipinski definition) is 6. The highest BCUT2D eigenvalue weighted by atomic mass is 16.6. The van der Waals surface area contributed by atoms with Crippen LogP contribution in [0.4, 0.5) is 5.69 Å². The molecule has 0 saturated heterocycles. The maximum atomic E-state index is 10.5. The first-order chi connectivity index (χ1) is 8.20. The van der Waals surface area contributed by atoms with Crippen molar-refractivity contribution in [1.29, 1.82) is 0 Å². The highest BCUT2D eigenvalue weighted by molar-refractivity contribution is 5.55. The summed E-state index contributed by atoms with van der Waals surface area (Å²) < 4.78 is 5.36. The van der Waals surface area contributed by atoms with E-state index in [4.69, 9.17) is 4.42 Å². The molecule has 0 aliphatic carbocycles. The fourth-order valence-electron chi connectivity index (χ4n) is 1.32. The molecule has 0 bridgehead atoms. The summed E-state index contributed by atoms with van der Waals surface area (Å²) in [5.41, 5.74) is 0.689. The molecule has 17 heavy (non-hydrogen) atoms. The van der Waals surface area contributed by atoms with E-state index in [0.717, 1.165) is 0 Å². The van der Waals surface area contributed by atoms with E-state index in [1.165, 1.54) is 12.1 Å². The van der Waals surface area contributed by atoms with Crippen molar-refractivity contribution < 1.29 is 9.34 Å². The first-order valence-corrected chi connectivity index (χ1v) is 4.92. The van der Waals surface area contributed by atoms with Crippen LogP contribution in [-0.2, 0) is 6.54 Å². The van der Waals surface area contributed by atoms with Gasteiger partial charge < -0.3 is 9.73 Å². The van der Waals surface area contributed by atoms with Crippen molar-refractivity contribution in [3.63, 3.8) is 0 Å². The van der Waals surface area contributed by atoms with E-state index in [1.807, 2.05) is 0 Å². The predicted molar refractivity (Wildman–Crippen MR) is 59.2 cm³/mol. The molecule has 0 atom stereocenters. The Hall–Kier alpha value is -2.28. The zero-order valence-corrected chi connectivity index (χ0v) is 9.08. The van der Waals surface area contributed by atoms with Crippen LogP contribution < -0.4 is 5.32 Å². The molecular formula is C10H10N4O3. The van der Waals surface area contributed by atoms with E-state index in [-0.39, 0.29) is 5.69 Å². The molecule has 7 nitrogen and oxygen atoms in total. The molecule has 0 spiro atoms. The minimum Gasteiger partial charge on any atom is -0.419 e. The normalized spacial score (nSPS) is 10.4. The third-order valence-corrected chi connectivity index (χ3v) is 2.12. The monoisotopic (exact) mass is 234 g/mol. The lowest BCUT2D eigenvalue weighted by molar-refractivity contribution is -0.384. The Morgan fingerprint density at radius 1 is 1.35 bits per heavy atom. The van der Waals surface area contributed by atoms with Crippen LogP contribution in [0.15, 0.2) is 28.7 Å². The summed E-state index contributed by atoms with van der Waals surface area (Å²) in [5, 5.41) is 21.1. The SMILES string of the molecule is CNCc1nnc(-c2ccc([N+](=O)[O-])cc2)o1. The van der Waals surface area contributed by atoms with Gasteiger partial charge >= 0.3 is 0 Å². The van der Waals surface area contributed by atoms with Crippen LogP contribution in [0.3, 0.4) is 0 Å². The van der Waals surface area contributed by atoms with Crippen molar-refractivity contribution in [2.75, 3.05) is 7.05 Å². The number of nitrogens with zero attached hydrogens (tertiary/aromatic N) is 3. The van der Waals surface area contributed by atoms with Crippen LogP contribution in [0, 0.1) is 10.1 Å². The van der Waals surface area contributed by atoms with E-state index >= 15 is 0 Å². The van der Waals surface area contributed by atoms with Crippen LogP contribution in [0.25, 0.3) is 11.5 Å². The molecule has 1 aromatic carbocycles. The summed E-state index contributed by atoms with van der Waals surface area (Å²) in [6.45, 7) is 0.486. The van der Waals surface area contributed by atoms with Gasteiger partial charge in [0.1, 0.15) is 0 Å². The van der Waals surface area contributed by atoms with Crippen molar-refractivity contribution >= 4 is 5.69 Å². The second kappa shape index (κ2) is 4.71. The van der Waals surface area contributed by atoms with Crippen LogP contribution in [0.5, 0.6) is 0 Å². The average Bonchev–Trinajstić information content (AvgIpc) is 2.78. The van der Waals surface area contributed by atoms with Crippen molar-refractivity contribution in [3.05, 3.63) is 40.3 Å². The zero-order chi connectivity index (χ0) is 12.3. The molecule has 1 aromatic heterocycles. The Labute approximate surface area is 96.6 Å². The number of aromatic nitrogens is 2. The van der Waals surface area contributed by atoms with E-state index in [2.05, 4.69) is 15.5 Å². The summed E-state index contributed by atoms with van der Waals surface area (Å²) in [4.78, 5) is 10.0. The molecule has 2 aromatic rings. The first kappa shape index (κ1) is 11.2. The smallest absolute Gasteiger partial charge is 0.269 e. The fourth-order valence-corrected chi connectivity index (χ4v) is 1.32. The summed E-state index contributed by atoms with van der Waals surface area (Å²) in [7, 11) is 1.77. The molecule has 0 amide bonds. The number of hydrogen-bond donors (Lipinski definition) is 1. The topological polar surface area (TPSA) is 94.1 Å². The van der Waals surface area contributed by atoms with Crippen molar-refractivity contribution in [1.82, 2.24) is 15.5 Å². The molecule has 88 valence electrons. The van der Waals surface area contributed by atoms with Gasteiger partial charge in [-0.25, -0.2) is 0 Å². The molecule has 7 heteroatoms. The second-order valence-electron chi connectivity index (χ2n) is 3.34. The van der Waals surface area contributed by atoms with Gasteiger partial charge in [0.2, 0.25) is 11.8 Å². The third kappa shape index (κ3) is 2.45. The van der Waals surface area contributed by atoms with Crippen LogP contribution in [0.1, 0.15) is 5.89 Å². The van der Waals surface area contributed by atoms with Gasteiger partial charge in [-0.15, -0.1) is 10.2 Å². The highest BCUT2D eigenvalue weighted by Gasteiger charge is 2.10. The number of nitro benzene ring substituents is 1. The maximum Gasteiger partial charge on any atom is 0.269 e. The van der Waals surface area contributed by atoms with E-state index in [0.29, 0.717) is 23.9 Å². The number of nitrogens with one attached hydrogen (secondary N) is 1. The lowest BCUT2D eigenvalue weighted by Gasteiger charge is -1.94. The van der Waals surface area contributed by atoms with Gasteiger partial charge in [-0.05, 0) is 19.2 Å². The molecule has 0 aliphatic rings. The Balaban J connectivity index is 2.23. The standard InChI is InChI=1S/C10H10N4O3/c1-11-6-9-12-13-10(17-9)7-2-4-8(5-3-7)14(15)16/h2-5,11H,6H2,1H3. The predicted octanol–water partition coefficient (Wildman–Crippen LogP) is 1.36. The number of rotatable bonds is 4. The summed E-state index contributed by atoms with van der Waals surface area (Å²) in [6.07, 6.45) is 0. The number of benzene rings is 1. The van der Waals surface area contributed by atoms with Crippen LogP contribution >= 0.6 is 0 Å². The molecular weight excluding hydrogens is 224 g/mol. The van der Waals surface area contributed by atoms with Crippen LogP contribution in [-0.4, -0.2) is 22.2 Å². The van der Waals surface area contributed by atoms with Gasteiger partial charge in [-0.3, -0.25) is 10.1 Å². The summed E-state index contributed by atoms with van der Waals surface area (Å²) >= 11 is 0. The largest absolute Gasteiger partial charge is 0.419 e. The Morgan fingerprint density at radius 2 is 2.06 bits per heavy atom. The Kier molecular flexibility index (Phi) is 3.10. The molecule has 0 aliphatic heterocycles. The Morgan fingerprint density at radius 3 is 2.65 bits per heavy atom. The molecule has 0 unspecified atom stereocenters. The van der Waals surface area contributed by atoms with Gasteiger partial charge in [0, 0.05) is 17.7 Å². The van der Waals surface area contributed by atoms with Gasteiger partial charge in [0.15, 0.2) is 0 Å². The third-order valence-electron chi connectivity index (χ3n) is 2.12. The molecule has 0 saturated carbocycles. The van der Waals surface area contributed by atoms with E-state index < -0.39 is 4.92 Å². The fraction of sp³-hybridized carbons (Fsp3) is 0.200. The average molecular weight is 234 g/mol. The van der Waals surface area contributed by atoms with Gasteiger partial charge in [-0.2, -0.15) is 0 Å². The molecule has 1 N–H and O–H groups in total. The second-order valence-corrected chi connectivity index (χ2v) is 3.34. The van der Waals surface area contributed by atoms with Crippen molar-refractivity contribution in [3.8, 4) is 11.5 Å². The Bertz CT molecular complexity index is 521. The number of non-ortho nitro benzene ring substituents is 1. The quantitative estimate of drug-likeness (QED) is 0.634. The summed E-state index contributed by atoms with van der Waals surface area (Å²) in [6, 6.07) is 5.96. The van der Waals surface area contributed by atoms with Gasteiger partial charge in [0.05, 0.1) is 11.5 Å². The maximum absolute atomic E-state index is 10.5. The minimum absolute atomic E-state index is 0.0312. The van der Waals surface area contributed by atoms with Crippen molar-refractivity contribution in [2.24, 2.45) is 0 Å². The lowest BCUT2D eigenvalue weighted by Crippen LogP contribution is -2.04. The lowest BCUT2D eigenvalue weighted by atomic mass is 10.2. The molecule has 0 fully saturated rings. The van der Waals surface area contributed by atoms with E-state index in [1.54, 1.807) is 19.2 Å².